The minimum atomic E-state index is -1.28. The van der Waals surface area contributed by atoms with Crippen molar-refractivity contribution in [3.8, 4) is 17.2 Å². The molecule has 3 aliphatic rings. The Morgan fingerprint density at radius 2 is 0.721 bits per heavy atom. The molecule has 3 aromatic heterocycles. The maximum absolute atomic E-state index is 14.3. The van der Waals surface area contributed by atoms with E-state index in [4.69, 9.17) is 14.2 Å². The van der Waals surface area contributed by atoms with Gasteiger partial charge in [0.25, 0.3) is 0 Å². The molecule has 30 nitrogen and oxygen atoms in total. The van der Waals surface area contributed by atoms with Gasteiger partial charge in [0.2, 0.25) is 35.6 Å². The summed E-state index contributed by atoms with van der Waals surface area (Å²) in [5.74, 6) is 1.52. The number of amides is 3. The largest absolute Gasteiger partial charge is 0.494 e. The van der Waals surface area contributed by atoms with Crippen molar-refractivity contribution in [2.24, 2.45) is 0 Å². The number of rotatable bonds is 30. The molecule has 12 rings (SSSR count). The zero-order valence-electron chi connectivity index (χ0n) is 72.2. The van der Waals surface area contributed by atoms with E-state index in [1.165, 1.54) is 36.4 Å². The van der Waals surface area contributed by atoms with Gasteiger partial charge < -0.3 is 107 Å². The van der Waals surface area contributed by atoms with E-state index in [9.17, 15) is 42.9 Å². The number of carbonyl (C=O) groups is 3. The summed E-state index contributed by atoms with van der Waals surface area (Å²) in [6.07, 6.45) is 11.4. The molecule has 122 heavy (non-hydrogen) atoms. The van der Waals surface area contributed by atoms with E-state index in [1.54, 1.807) is 157 Å². The molecule has 3 saturated heterocycles. The molecular weight excluding hydrogens is 1560 g/mol. The second-order valence-corrected chi connectivity index (χ2v) is 31.9. The van der Waals surface area contributed by atoms with E-state index in [0.29, 0.717) is 137 Å². The van der Waals surface area contributed by atoms with Crippen LogP contribution in [-0.2, 0) is 31.2 Å². The van der Waals surface area contributed by atoms with Gasteiger partial charge in [0, 0.05) is 128 Å². The highest BCUT2D eigenvalue weighted by Gasteiger charge is 2.33. The number of benzene rings is 6. The highest BCUT2D eigenvalue weighted by Crippen LogP contribution is 2.45. The van der Waals surface area contributed by atoms with Crippen LogP contribution in [0.15, 0.2) is 148 Å². The normalized spacial score (nSPS) is 15.1. The zero-order chi connectivity index (χ0) is 88.8. The minimum Gasteiger partial charge on any atom is -0.494 e. The van der Waals surface area contributed by atoms with E-state index < -0.39 is 34.3 Å². The van der Waals surface area contributed by atoms with Gasteiger partial charge in [-0.3, -0.25) is 14.4 Å². The molecule has 3 amide bonds. The van der Waals surface area contributed by atoms with Crippen LogP contribution in [0, 0.1) is 38.2 Å². The van der Waals surface area contributed by atoms with E-state index >= 15 is 0 Å². The molecule has 3 fully saturated rings. The quantitative estimate of drug-likeness (QED) is 0.0186. The van der Waals surface area contributed by atoms with Crippen LogP contribution in [0.2, 0.25) is 0 Å². The van der Waals surface area contributed by atoms with Gasteiger partial charge in [-0.15, -0.1) is 0 Å². The maximum atomic E-state index is 14.3. The lowest BCUT2D eigenvalue weighted by Gasteiger charge is -2.25. The third-order valence-corrected chi connectivity index (χ3v) is 21.1. The summed E-state index contributed by atoms with van der Waals surface area (Å²) < 4.78 is 60.0. The molecule has 13 N–H and O–H groups in total. The molecule has 6 heterocycles. The molecule has 0 aliphatic carbocycles. The standard InChI is InChI=1S/2C30H38FN7O3.C29H36FN7O3/c2*1-8-28(39)34-23-15-24(26(41-7)16-25(23)38-12-10-19(17-38)37(5)6)35-29-32-11-9-27(36-29)33-22-13-18(2)21(31)14-20(22)30(3,4)40;1-7-27(38)34-22-14-23(25(40-6)15-24(22)37-11-9-18(16-37)31-5)35-28-32-10-8-26(36-28)33-21-12-17(2)20(30)13-19(21)29(3,4)39/h2*8-9,11,13-16,19,40H,1,10,12,17H2,2-7H3,(H,34,39)(H2,32,33,35,36);7-8,10,12-15,18,31,39H,1,9,11,16H2,2-6H3,(H,34,38)(H2,32,33,35,36)/t2*19-;18-/m101/s1. The van der Waals surface area contributed by atoms with Crippen molar-refractivity contribution < 1.29 is 57.1 Å². The first-order chi connectivity index (χ1) is 57.8. The van der Waals surface area contributed by atoms with Crippen LogP contribution in [0.1, 0.15) is 94.2 Å². The second kappa shape index (κ2) is 39.7. The number of aliphatic hydroxyl groups is 3. The fraction of sp³-hybridized carbons (Fsp3) is 0.360. The first kappa shape index (κ1) is 91.6. The first-order valence-electron chi connectivity index (χ1n) is 39.7. The van der Waals surface area contributed by atoms with Crippen molar-refractivity contribution in [1.29, 1.82) is 0 Å². The highest BCUT2D eigenvalue weighted by atomic mass is 19.1. The molecule has 0 saturated carbocycles. The van der Waals surface area contributed by atoms with E-state index in [-0.39, 0.29) is 35.6 Å². The van der Waals surface area contributed by atoms with Crippen molar-refractivity contribution in [2.45, 2.75) is 117 Å². The van der Waals surface area contributed by atoms with Gasteiger partial charge in [-0.1, -0.05) is 19.7 Å². The van der Waals surface area contributed by atoms with Crippen LogP contribution < -0.4 is 82.1 Å². The number of aromatic nitrogens is 6. The van der Waals surface area contributed by atoms with E-state index in [0.717, 1.165) is 75.6 Å². The van der Waals surface area contributed by atoms with Gasteiger partial charge in [0.15, 0.2) is 0 Å². The molecule has 3 aliphatic heterocycles. The molecule has 0 unspecified atom stereocenters. The van der Waals surface area contributed by atoms with Crippen molar-refractivity contribution in [3.05, 3.63) is 198 Å². The summed E-state index contributed by atoms with van der Waals surface area (Å²) in [6.45, 7) is 30.2. The van der Waals surface area contributed by atoms with Crippen LogP contribution in [0.4, 0.5) is 117 Å². The van der Waals surface area contributed by atoms with Crippen LogP contribution in [0.25, 0.3) is 0 Å². The Kier molecular flexibility index (Phi) is 29.8. The summed E-state index contributed by atoms with van der Waals surface area (Å²) in [4.78, 5) is 74.7. The molecule has 33 heteroatoms. The molecule has 3 atom stereocenters. The molecule has 0 radical (unpaired) electrons. The smallest absolute Gasteiger partial charge is 0.247 e. The lowest BCUT2D eigenvalue weighted by molar-refractivity contribution is -0.112. The predicted octanol–water partition coefficient (Wildman–Crippen LogP) is 14.4. The third-order valence-electron chi connectivity index (χ3n) is 21.1. The fourth-order valence-electron chi connectivity index (χ4n) is 14.2. The van der Waals surface area contributed by atoms with Gasteiger partial charge in [-0.05, 0) is 225 Å². The summed E-state index contributed by atoms with van der Waals surface area (Å²) in [5, 5.41) is 63.0. The Balaban J connectivity index is 0.000000192. The summed E-state index contributed by atoms with van der Waals surface area (Å²) in [6, 6.07) is 26.0. The van der Waals surface area contributed by atoms with Gasteiger partial charge in [-0.25, -0.2) is 28.1 Å². The molecule has 0 spiro atoms. The third kappa shape index (κ3) is 23.3. The predicted molar refractivity (Wildman–Crippen MR) is 479 cm³/mol. The van der Waals surface area contributed by atoms with Gasteiger partial charge in [0.1, 0.15) is 52.2 Å². The number of ether oxygens (including phenoxy) is 3. The van der Waals surface area contributed by atoms with Gasteiger partial charge in [-0.2, -0.15) is 15.0 Å². The highest BCUT2D eigenvalue weighted by molar-refractivity contribution is 6.04. The number of carbonyl (C=O) groups excluding carboxylic acids is 3. The summed E-state index contributed by atoms with van der Waals surface area (Å²) in [7, 11) is 14.9. The average Bonchev–Trinajstić information content (AvgIpc) is 1.77. The van der Waals surface area contributed by atoms with E-state index in [1.807, 2.05) is 25.2 Å². The molecule has 0 bridgehead atoms. The first-order valence-corrected chi connectivity index (χ1v) is 39.7. The number of methoxy groups -OCH3 is 3. The lowest BCUT2D eigenvalue weighted by Crippen LogP contribution is -2.31. The second-order valence-electron chi connectivity index (χ2n) is 31.9. The number of nitrogens with one attached hydrogen (secondary N) is 10. The van der Waals surface area contributed by atoms with E-state index in [2.05, 4.69) is 155 Å². The number of anilines is 18. The Hall–Kier alpha value is -12.7. The Morgan fingerprint density at radius 1 is 0.434 bits per heavy atom. The van der Waals surface area contributed by atoms with Crippen molar-refractivity contribution in [2.75, 3.05) is 158 Å². The maximum Gasteiger partial charge on any atom is 0.247 e. The summed E-state index contributed by atoms with van der Waals surface area (Å²) >= 11 is 0. The van der Waals surface area contributed by atoms with Crippen LogP contribution in [-0.4, -0.2) is 187 Å². The van der Waals surface area contributed by atoms with Crippen LogP contribution >= 0.6 is 0 Å². The molecule has 6 aromatic carbocycles. The number of aryl methyl sites for hydroxylation is 3. The van der Waals surface area contributed by atoms with Crippen molar-refractivity contribution in [1.82, 2.24) is 45.0 Å². The van der Waals surface area contributed by atoms with Crippen LogP contribution in [0.3, 0.4) is 0 Å². The van der Waals surface area contributed by atoms with Crippen molar-refractivity contribution in [3.63, 3.8) is 0 Å². The monoisotopic (exact) mass is 1680 g/mol. The number of hydrogen-bond donors (Lipinski definition) is 13. The molecule has 9 aromatic rings. The minimum absolute atomic E-state index is 0.261. The van der Waals surface area contributed by atoms with Crippen LogP contribution in [0.5, 0.6) is 17.2 Å². The Labute approximate surface area is 710 Å². The average molecular weight is 1680 g/mol. The topological polar surface area (TPSA) is 353 Å². The SMILES string of the molecule is C=CC(=O)Nc1cc(Nc2nccc(Nc3cc(C)c(F)cc3C(C)(C)O)n2)c(OC)cc1N1CC[C@@H](N(C)C)C1.C=CC(=O)Nc1cc(Nc2nccc(Nc3cc(C)c(F)cc3C(C)(C)O)n2)c(OC)cc1N1CC[C@@H](NC)C1.C=CC(=O)Nc1cc(Nc2nccc(Nc3cc(C)c(F)cc3C(C)(C)O)n2)c(OC)cc1N1CC[C@H](N(C)C)C1. The zero-order valence-corrected chi connectivity index (χ0v) is 72.2. The number of hydrogen-bond acceptors (Lipinski definition) is 27. The summed E-state index contributed by atoms with van der Waals surface area (Å²) in [5.41, 5.74) is 6.16. The van der Waals surface area contributed by atoms with Crippen molar-refractivity contribution >= 4 is 121 Å². The molecular formula is C89H112F3N21O9. The Bertz CT molecular complexity index is 5090. The van der Waals surface area contributed by atoms with Gasteiger partial charge >= 0.3 is 0 Å². The fourth-order valence-corrected chi connectivity index (χ4v) is 14.2. The van der Waals surface area contributed by atoms with Gasteiger partial charge in [0.05, 0.1) is 89.3 Å². The number of halogens is 3. The Morgan fingerprint density at radius 3 is 0.967 bits per heavy atom. The lowest BCUT2D eigenvalue weighted by atomic mass is 9.95. The molecule has 648 valence electrons. The number of nitrogens with zero attached hydrogens (tertiary/aromatic N) is 11. The number of likely N-dealkylation sites (N-methyl/N-ethyl adjacent to an activating group) is 3.